The van der Waals surface area contributed by atoms with Gasteiger partial charge in [0.2, 0.25) is 0 Å². The Morgan fingerprint density at radius 3 is 2.22 bits per heavy atom. The van der Waals surface area contributed by atoms with Crippen molar-refractivity contribution in [2.24, 2.45) is 0 Å². The number of halogens is 2. The molecule has 0 saturated carbocycles. The molecule has 0 radical (unpaired) electrons. The normalized spacial score (nSPS) is 25.7. The van der Waals surface area contributed by atoms with E-state index in [2.05, 4.69) is 5.32 Å². The molecule has 1 unspecified atom stereocenters. The molecule has 4 heteroatoms. The van der Waals surface area contributed by atoms with Crippen molar-refractivity contribution in [2.45, 2.75) is 18.9 Å². The van der Waals surface area contributed by atoms with Crippen molar-refractivity contribution in [3.05, 3.63) is 0 Å². The van der Waals surface area contributed by atoms with Crippen molar-refractivity contribution in [2.75, 3.05) is 13.1 Å². The molecular formula is C5H13Cl2NO. The van der Waals surface area contributed by atoms with Crippen LogP contribution in [0.4, 0.5) is 0 Å². The second-order valence-electron chi connectivity index (χ2n) is 2.00. The SMILES string of the molecule is Cl.Cl.OC1CCCNC1. The second kappa shape index (κ2) is 6.62. The molecule has 0 bridgehead atoms. The molecule has 1 aliphatic rings. The quantitative estimate of drug-likeness (QED) is 0.562. The summed E-state index contributed by atoms with van der Waals surface area (Å²) in [7, 11) is 0. The summed E-state index contributed by atoms with van der Waals surface area (Å²) < 4.78 is 0. The molecule has 1 heterocycles. The van der Waals surface area contributed by atoms with Crippen LogP contribution in [-0.2, 0) is 0 Å². The highest BCUT2D eigenvalue weighted by Gasteiger charge is 2.06. The van der Waals surface area contributed by atoms with Gasteiger partial charge in [0.15, 0.2) is 0 Å². The van der Waals surface area contributed by atoms with E-state index in [0.29, 0.717) is 0 Å². The average molecular weight is 174 g/mol. The molecule has 9 heavy (non-hydrogen) atoms. The van der Waals surface area contributed by atoms with E-state index in [9.17, 15) is 0 Å². The zero-order valence-corrected chi connectivity index (χ0v) is 6.80. The fourth-order valence-corrected chi connectivity index (χ4v) is 0.833. The van der Waals surface area contributed by atoms with E-state index in [0.717, 1.165) is 25.9 Å². The zero-order chi connectivity index (χ0) is 5.11. The lowest BCUT2D eigenvalue weighted by Gasteiger charge is -2.16. The first-order valence-corrected chi connectivity index (χ1v) is 2.78. The molecule has 0 amide bonds. The second-order valence-corrected chi connectivity index (χ2v) is 2.00. The van der Waals surface area contributed by atoms with Gasteiger partial charge in [-0.05, 0) is 19.4 Å². The van der Waals surface area contributed by atoms with E-state index in [4.69, 9.17) is 5.11 Å². The van der Waals surface area contributed by atoms with E-state index in [1.54, 1.807) is 0 Å². The maximum absolute atomic E-state index is 8.85. The molecule has 0 aromatic carbocycles. The van der Waals surface area contributed by atoms with Crippen molar-refractivity contribution in [3.63, 3.8) is 0 Å². The maximum Gasteiger partial charge on any atom is 0.0665 e. The van der Waals surface area contributed by atoms with Crippen molar-refractivity contribution in [1.29, 1.82) is 0 Å². The topological polar surface area (TPSA) is 32.3 Å². The van der Waals surface area contributed by atoms with Crippen LogP contribution in [0, 0.1) is 0 Å². The average Bonchev–Trinajstić information content (AvgIpc) is 1.69. The molecule has 58 valence electrons. The maximum atomic E-state index is 8.85. The van der Waals surface area contributed by atoms with Crippen LogP contribution in [0.15, 0.2) is 0 Å². The highest BCUT2D eigenvalue weighted by Crippen LogP contribution is 1.98. The number of piperidine rings is 1. The van der Waals surface area contributed by atoms with Gasteiger partial charge in [0.25, 0.3) is 0 Å². The van der Waals surface area contributed by atoms with E-state index >= 15 is 0 Å². The molecule has 0 aromatic heterocycles. The van der Waals surface area contributed by atoms with E-state index in [-0.39, 0.29) is 30.9 Å². The van der Waals surface area contributed by atoms with Gasteiger partial charge >= 0.3 is 0 Å². The number of hydrogen-bond acceptors (Lipinski definition) is 2. The standard InChI is InChI=1S/C5H11NO.2ClH/c7-5-2-1-3-6-4-5;;/h5-7H,1-4H2;2*1H. The first kappa shape index (κ1) is 12.2. The summed E-state index contributed by atoms with van der Waals surface area (Å²) in [5.41, 5.74) is 0. The van der Waals surface area contributed by atoms with Crippen LogP contribution < -0.4 is 5.32 Å². The highest BCUT2D eigenvalue weighted by atomic mass is 35.5. The molecule has 1 fully saturated rings. The van der Waals surface area contributed by atoms with Gasteiger partial charge in [0, 0.05) is 6.54 Å². The number of aliphatic hydroxyl groups excluding tert-OH is 1. The van der Waals surface area contributed by atoms with Crippen LogP contribution in [-0.4, -0.2) is 24.3 Å². The summed E-state index contributed by atoms with van der Waals surface area (Å²) in [5.74, 6) is 0. The lowest BCUT2D eigenvalue weighted by Crippen LogP contribution is -2.33. The lowest BCUT2D eigenvalue weighted by molar-refractivity contribution is 0.142. The predicted molar refractivity (Wildman–Crippen MR) is 42.6 cm³/mol. The van der Waals surface area contributed by atoms with Crippen molar-refractivity contribution < 1.29 is 5.11 Å². The molecular weight excluding hydrogens is 161 g/mol. The Balaban J connectivity index is 0. The summed E-state index contributed by atoms with van der Waals surface area (Å²) >= 11 is 0. The number of nitrogens with one attached hydrogen (secondary N) is 1. The van der Waals surface area contributed by atoms with Crippen LogP contribution in [0.3, 0.4) is 0 Å². The van der Waals surface area contributed by atoms with Gasteiger partial charge in [0.1, 0.15) is 0 Å². The van der Waals surface area contributed by atoms with Crippen LogP contribution in [0.5, 0.6) is 0 Å². The molecule has 1 atom stereocenters. The molecule has 0 aliphatic carbocycles. The molecule has 0 spiro atoms. The van der Waals surface area contributed by atoms with Crippen molar-refractivity contribution >= 4 is 24.8 Å². The van der Waals surface area contributed by atoms with Gasteiger partial charge in [-0.1, -0.05) is 0 Å². The van der Waals surface area contributed by atoms with Crippen LogP contribution in [0.25, 0.3) is 0 Å². The van der Waals surface area contributed by atoms with Gasteiger partial charge in [-0.25, -0.2) is 0 Å². The number of rotatable bonds is 0. The fourth-order valence-electron chi connectivity index (χ4n) is 0.833. The van der Waals surface area contributed by atoms with Crippen LogP contribution >= 0.6 is 24.8 Å². The van der Waals surface area contributed by atoms with E-state index in [1.807, 2.05) is 0 Å². The van der Waals surface area contributed by atoms with Crippen molar-refractivity contribution in [3.8, 4) is 0 Å². The Morgan fingerprint density at radius 1 is 1.33 bits per heavy atom. The summed E-state index contributed by atoms with van der Waals surface area (Å²) in [6.07, 6.45) is 2.03. The zero-order valence-electron chi connectivity index (χ0n) is 5.17. The van der Waals surface area contributed by atoms with Gasteiger partial charge < -0.3 is 10.4 Å². The largest absolute Gasteiger partial charge is 0.392 e. The van der Waals surface area contributed by atoms with Crippen molar-refractivity contribution in [1.82, 2.24) is 5.32 Å². The molecule has 1 saturated heterocycles. The molecule has 2 nitrogen and oxygen atoms in total. The minimum atomic E-state index is -0.0752. The minimum Gasteiger partial charge on any atom is -0.392 e. The number of hydrogen-bond donors (Lipinski definition) is 2. The predicted octanol–water partition coefficient (Wildman–Crippen LogP) is 0.574. The Hall–Kier alpha value is 0.500. The molecule has 1 rings (SSSR count). The third-order valence-corrected chi connectivity index (χ3v) is 1.27. The van der Waals surface area contributed by atoms with Gasteiger partial charge in [-0.3, -0.25) is 0 Å². The van der Waals surface area contributed by atoms with Gasteiger partial charge in [-0.2, -0.15) is 0 Å². The Labute approximate surface area is 67.8 Å². The fraction of sp³-hybridized carbons (Fsp3) is 1.00. The highest BCUT2D eigenvalue weighted by molar-refractivity contribution is 5.85. The molecule has 2 N–H and O–H groups in total. The third kappa shape index (κ3) is 4.97. The third-order valence-electron chi connectivity index (χ3n) is 1.27. The molecule has 0 aromatic rings. The summed E-state index contributed by atoms with van der Waals surface area (Å²) in [6, 6.07) is 0. The van der Waals surface area contributed by atoms with Gasteiger partial charge in [0.05, 0.1) is 6.10 Å². The van der Waals surface area contributed by atoms with Gasteiger partial charge in [-0.15, -0.1) is 24.8 Å². The first-order valence-electron chi connectivity index (χ1n) is 2.78. The summed E-state index contributed by atoms with van der Waals surface area (Å²) in [6.45, 7) is 1.87. The summed E-state index contributed by atoms with van der Waals surface area (Å²) in [4.78, 5) is 0. The van der Waals surface area contributed by atoms with Crippen LogP contribution in [0.2, 0.25) is 0 Å². The van der Waals surface area contributed by atoms with E-state index in [1.165, 1.54) is 0 Å². The monoisotopic (exact) mass is 173 g/mol. The smallest absolute Gasteiger partial charge is 0.0665 e. The molecule has 1 aliphatic heterocycles. The number of aliphatic hydroxyl groups is 1. The lowest BCUT2D eigenvalue weighted by atomic mass is 10.1. The Morgan fingerprint density at radius 2 is 2.00 bits per heavy atom. The first-order chi connectivity index (χ1) is 3.39. The minimum absolute atomic E-state index is 0. The van der Waals surface area contributed by atoms with Crippen LogP contribution in [0.1, 0.15) is 12.8 Å². The Bertz CT molecular complexity index is 56.9. The Kier molecular flexibility index (Phi) is 8.97. The van der Waals surface area contributed by atoms with E-state index < -0.39 is 0 Å². The number of β-amino-alcohol motifs (C(OH)–C–C–N with tert-alkyl or cyclic N) is 1. The summed E-state index contributed by atoms with van der Waals surface area (Å²) in [5, 5.41) is 11.9.